The van der Waals surface area contributed by atoms with Gasteiger partial charge in [-0.3, -0.25) is 4.79 Å². The van der Waals surface area contributed by atoms with E-state index in [0.717, 1.165) is 25.9 Å². The highest BCUT2D eigenvalue weighted by atomic mass is 16.3. The van der Waals surface area contributed by atoms with Crippen LogP contribution in [0.25, 0.3) is 0 Å². The Bertz CT molecular complexity index is 408. The lowest BCUT2D eigenvalue weighted by molar-refractivity contribution is 0.415. The van der Waals surface area contributed by atoms with Crippen molar-refractivity contribution in [1.29, 1.82) is 0 Å². The van der Waals surface area contributed by atoms with Crippen molar-refractivity contribution in [3.05, 3.63) is 21.7 Å². The zero-order chi connectivity index (χ0) is 10.8. The number of nitrogens with zero attached hydrogens (tertiary/aromatic N) is 1. The molecule has 1 aromatic heterocycles. The summed E-state index contributed by atoms with van der Waals surface area (Å²) in [6.07, 6.45) is 1.90. The van der Waals surface area contributed by atoms with Crippen LogP contribution in [0, 0.1) is 6.92 Å². The number of aromatic hydroxyl groups is 1. The monoisotopic (exact) mass is 209 g/mol. The first kappa shape index (κ1) is 10.2. The van der Waals surface area contributed by atoms with Crippen LogP contribution in [-0.4, -0.2) is 28.2 Å². The molecule has 15 heavy (non-hydrogen) atoms. The number of rotatable bonds is 1. The van der Waals surface area contributed by atoms with Crippen molar-refractivity contribution in [1.82, 2.24) is 15.3 Å². The summed E-state index contributed by atoms with van der Waals surface area (Å²) in [4.78, 5) is 18.2. The van der Waals surface area contributed by atoms with Gasteiger partial charge in [0.2, 0.25) is 5.88 Å². The smallest absolute Gasteiger partial charge is 0.257 e. The second kappa shape index (κ2) is 4.02. The molecule has 3 N–H and O–H groups in total. The van der Waals surface area contributed by atoms with Crippen LogP contribution in [0.3, 0.4) is 0 Å². The molecular weight excluding hydrogens is 194 g/mol. The molecule has 0 amide bonds. The van der Waals surface area contributed by atoms with Crippen molar-refractivity contribution in [2.24, 2.45) is 0 Å². The van der Waals surface area contributed by atoms with Gasteiger partial charge in [-0.15, -0.1) is 0 Å². The zero-order valence-corrected chi connectivity index (χ0v) is 8.71. The molecule has 0 radical (unpaired) electrons. The molecule has 0 saturated carbocycles. The van der Waals surface area contributed by atoms with Gasteiger partial charge in [-0.1, -0.05) is 0 Å². The van der Waals surface area contributed by atoms with Crippen molar-refractivity contribution in [3.63, 3.8) is 0 Å². The normalized spacial score (nSPS) is 17.9. The number of hydrogen-bond acceptors (Lipinski definition) is 4. The number of aromatic nitrogens is 2. The Morgan fingerprint density at radius 2 is 2.07 bits per heavy atom. The van der Waals surface area contributed by atoms with E-state index < -0.39 is 0 Å². The SMILES string of the molecule is Cc1c(O)nc(C2CCNCC2)[nH]c1=O. The predicted molar refractivity (Wildman–Crippen MR) is 56.1 cm³/mol. The lowest BCUT2D eigenvalue weighted by Crippen LogP contribution is -2.28. The third-order valence-electron chi connectivity index (χ3n) is 2.87. The lowest BCUT2D eigenvalue weighted by atomic mass is 9.97. The summed E-state index contributed by atoms with van der Waals surface area (Å²) in [6.45, 7) is 3.43. The van der Waals surface area contributed by atoms with Crippen LogP contribution in [0.15, 0.2) is 4.79 Å². The number of nitrogens with one attached hydrogen (secondary N) is 2. The fraction of sp³-hybridized carbons (Fsp3) is 0.600. The largest absolute Gasteiger partial charge is 0.493 e. The minimum atomic E-state index is -0.240. The average molecular weight is 209 g/mol. The summed E-state index contributed by atoms with van der Waals surface area (Å²) in [5.41, 5.74) is 0.0451. The molecule has 0 aliphatic carbocycles. The minimum Gasteiger partial charge on any atom is -0.493 e. The summed E-state index contributed by atoms with van der Waals surface area (Å²) in [5, 5.41) is 12.7. The van der Waals surface area contributed by atoms with Crippen LogP contribution in [0.1, 0.15) is 30.1 Å². The van der Waals surface area contributed by atoms with Crippen LogP contribution in [0.4, 0.5) is 0 Å². The molecule has 1 aliphatic heterocycles. The van der Waals surface area contributed by atoms with Gasteiger partial charge in [0, 0.05) is 5.92 Å². The molecule has 0 spiro atoms. The second-order valence-electron chi connectivity index (χ2n) is 3.92. The van der Waals surface area contributed by atoms with Gasteiger partial charge in [0.1, 0.15) is 5.82 Å². The Kier molecular flexibility index (Phi) is 2.73. The Labute approximate surface area is 87.6 Å². The highest BCUT2D eigenvalue weighted by molar-refractivity contribution is 5.21. The maximum atomic E-state index is 11.4. The van der Waals surface area contributed by atoms with E-state index in [-0.39, 0.29) is 22.9 Å². The van der Waals surface area contributed by atoms with Gasteiger partial charge in [-0.2, -0.15) is 4.98 Å². The fourth-order valence-electron chi connectivity index (χ4n) is 1.83. The van der Waals surface area contributed by atoms with E-state index in [1.807, 2.05) is 0 Å². The van der Waals surface area contributed by atoms with Gasteiger partial charge >= 0.3 is 0 Å². The summed E-state index contributed by atoms with van der Waals surface area (Å²) >= 11 is 0. The first-order valence-electron chi connectivity index (χ1n) is 5.19. The number of H-pyrrole nitrogens is 1. The summed E-state index contributed by atoms with van der Waals surface area (Å²) in [5.74, 6) is 0.724. The molecule has 1 aliphatic rings. The first-order chi connectivity index (χ1) is 7.18. The van der Waals surface area contributed by atoms with Gasteiger partial charge in [-0.25, -0.2) is 0 Å². The third kappa shape index (κ3) is 2.02. The average Bonchev–Trinajstić information content (AvgIpc) is 2.26. The van der Waals surface area contributed by atoms with Crippen molar-refractivity contribution in [2.45, 2.75) is 25.7 Å². The predicted octanol–water partition coefficient (Wildman–Crippen LogP) is 0.251. The van der Waals surface area contributed by atoms with Gasteiger partial charge in [-0.05, 0) is 32.9 Å². The zero-order valence-electron chi connectivity index (χ0n) is 8.71. The summed E-state index contributed by atoms with van der Waals surface area (Å²) in [7, 11) is 0. The maximum absolute atomic E-state index is 11.4. The molecule has 0 aromatic carbocycles. The van der Waals surface area contributed by atoms with E-state index in [4.69, 9.17) is 0 Å². The first-order valence-corrected chi connectivity index (χ1v) is 5.19. The van der Waals surface area contributed by atoms with Crippen molar-refractivity contribution in [3.8, 4) is 5.88 Å². The maximum Gasteiger partial charge on any atom is 0.257 e. The van der Waals surface area contributed by atoms with E-state index in [0.29, 0.717) is 5.82 Å². The standard InChI is InChI=1S/C10H15N3O2/c1-6-9(14)12-8(13-10(6)15)7-2-4-11-5-3-7/h7,11H,2-5H2,1H3,(H2,12,13,14,15). The topological polar surface area (TPSA) is 78.0 Å². The Hall–Kier alpha value is -1.36. The molecule has 5 heteroatoms. The van der Waals surface area contributed by atoms with Gasteiger partial charge in [0.05, 0.1) is 5.56 Å². The molecule has 1 saturated heterocycles. The van der Waals surface area contributed by atoms with Crippen molar-refractivity contribution >= 4 is 0 Å². The van der Waals surface area contributed by atoms with Gasteiger partial charge in [0.25, 0.3) is 5.56 Å². The van der Waals surface area contributed by atoms with Gasteiger partial charge < -0.3 is 15.4 Å². The molecule has 1 aromatic rings. The molecule has 2 heterocycles. The van der Waals surface area contributed by atoms with E-state index in [1.165, 1.54) is 0 Å². The minimum absolute atomic E-state index is 0.146. The molecule has 1 fully saturated rings. The molecular formula is C10H15N3O2. The fourth-order valence-corrected chi connectivity index (χ4v) is 1.83. The summed E-state index contributed by atoms with van der Waals surface area (Å²) < 4.78 is 0. The van der Waals surface area contributed by atoms with Crippen LogP contribution in [0.2, 0.25) is 0 Å². The molecule has 0 atom stereocenters. The molecule has 0 unspecified atom stereocenters. The van der Waals surface area contributed by atoms with Crippen molar-refractivity contribution < 1.29 is 5.11 Å². The molecule has 82 valence electrons. The van der Waals surface area contributed by atoms with Gasteiger partial charge in [0.15, 0.2) is 0 Å². The van der Waals surface area contributed by atoms with Crippen LogP contribution in [-0.2, 0) is 0 Å². The number of aromatic amines is 1. The van der Waals surface area contributed by atoms with Crippen LogP contribution >= 0.6 is 0 Å². The molecule has 2 rings (SSSR count). The Balaban J connectivity index is 2.32. The summed E-state index contributed by atoms with van der Waals surface area (Å²) in [6, 6.07) is 0. The Morgan fingerprint density at radius 1 is 1.40 bits per heavy atom. The van der Waals surface area contributed by atoms with E-state index in [2.05, 4.69) is 15.3 Å². The third-order valence-corrected chi connectivity index (χ3v) is 2.87. The van der Waals surface area contributed by atoms with E-state index >= 15 is 0 Å². The molecule has 0 bridgehead atoms. The van der Waals surface area contributed by atoms with E-state index in [1.54, 1.807) is 6.92 Å². The van der Waals surface area contributed by atoms with E-state index in [9.17, 15) is 9.90 Å². The lowest BCUT2D eigenvalue weighted by Gasteiger charge is -2.21. The Morgan fingerprint density at radius 3 is 2.67 bits per heavy atom. The van der Waals surface area contributed by atoms with Crippen LogP contribution in [0.5, 0.6) is 5.88 Å². The quantitative estimate of drug-likeness (QED) is 0.619. The second-order valence-corrected chi connectivity index (χ2v) is 3.92. The number of hydrogen-bond donors (Lipinski definition) is 3. The number of piperidine rings is 1. The van der Waals surface area contributed by atoms with Crippen LogP contribution < -0.4 is 10.9 Å². The highest BCUT2D eigenvalue weighted by Crippen LogP contribution is 2.22. The highest BCUT2D eigenvalue weighted by Gasteiger charge is 2.18. The molecule has 5 nitrogen and oxygen atoms in total. The van der Waals surface area contributed by atoms with Crippen molar-refractivity contribution in [2.75, 3.05) is 13.1 Å².